The Morgan fingerprint density at radius 1 is 1.24 bits per heavy atom. The smallest absolute Gasteiger partial charge is 0.279 e. The van der Waals surface area contributed by atoms with Crippen LogP contribution in [-0.4, -0.2) is 28.3 Å². The standard InChI is InChI=1S/C18H21ClINO3P/c1-13(15-7-8-18(20)17(19)9-15)21-10-16(22)12-25(23,24)11-14-5-3-2-4-6-14/h2-9,13,21,23-24H,10-12H2,1H3/q+1. The molecule has 0 aliphatic carbocycles. The van der Waals surface area contributed by atoms with E-state index in [0.29, 0.717) is 5.02 Å². The Hall–Kier alpha value is -0.560. The van der Waals surface area contributed by atoms with Crippen molar-refractivity contribution >= 4 is 47.7 Å². The average molecular weight is 493 g/mol. The van der Waals surface area contributed by atoms with Crippen molar-refractivity contribution in [3.8, 4) is 0 Å². The predicted octanol–water partition coefficient (Wildman–Crippen LogP) is 4.20. The largest absolute Gasteiger partial charge is 0.303 e. The fourth-order valence-electron chi connectivity index (χ4n) is 2.44. The van der Waals surface area contributed by atoms with E-state index in [2.05, 4.69) is 27.9 Å². The lowest BCUT2D eigenvalue weighted by atomic mass is 10.1. The number of Topliss-reactive ketones (excluding diaryl/α,β-unsaturated/α-hetero) is 1. The summed E-state index contributed by atoms with van der Waals surface area (Å²) in [5.74, 6) is -0.210. The van der Waals surface area contributed by atoms with Crippen LogP contribution in [0.3, 0.4) is 0 Å². The molecule has 1 unspecified atom stereocenters. The Kier molecular flexibility index (Phi) is 7.80. The zero-order valence-electron chi connectivity index (χ0n) is 13.8. The van der Waals surface area contributed by atoms with Crippen LogP contribution < -0.4 is 5.32 Å². The van der Waals surface area contributed by atoms with Gasteiger partial charge in [0.05, 0.1) is 11.6 Å². The van der Waals surface area contributed by atoms with Crippen molar-refractivity contribution in [3.05, 3.63) is 68.3 Å². The first-order chi connectivity index (χ1) is 11.8. The number of ketones is 1. The molecule has 134 valence electrons. The fourth-order valence-corrected chi connectivity index (χ4v) is 4.55. The topological polar surface area (TPSA) is 69.6 Å². The molecule has 2 rings (SSSR count). The molecule has 0 fully saturated rings. The van der Waals surface area contributed by atoms with E-state index in [4.69, 9.17) is 11.6 Å². The summed E-state index contributed by atoms with van der Waals surface area (Å²) in [5.41, 5.74) is 1.81. The molecular formula is C18H21ClINO3P+. The number of carbonyl (C=O) groups is 1. The number of rotatable bonds is 8. The third-order valence-electron chi connectivity index (χ3n) is 3.76. The maximum absolute atomic E-state index is 12.1. The van der Waals surface area contributed by atoms with E-state index in [0.717, 1.165) is 14.7 Å². The molecule has 0 saturated carbocycles. The molecule has 0 saturated heterocycles. The van der Waals surface area contributed by atoms with Crippen molar-refractivity contribution in [2.45, 2.75) is 19.1 Å². The third-order valence-corrected chi connectivity index (χ3v) is 7.06. The Morgan fingerprint density at radius 2 is 1.92 bits per heavy atom. The molecule has 1 atom stereocenters. The number of benzene rings is 2. The molecule has 4 nitrogen and oxygen atoms in total. The quantitative estimate of drug-likeness (QED) is 0.382. The minimum absolute atomic E-state index is 0.0577. The maximum atomic E-state index is 12.1. The summed E-state index contributed by atoms with van der Waals surface area (Å²) in [6, 6.07) is 14.9. The molecular weight excluding hydrogens is 472 g/mol. The first-order valence-corrected chi connectivity index (χ1v) is 11.4. The molecule has 0 aromatic heterocycles. The Bertz CT molecular complexity index is 728. The number of hydrogen-bond donors (Lipinski definition) is 3. The van der Waals surface area contributed by atoms with Crippen LogP contribution in [0.15, 0.2) is 48.5 Å². The molecule has 0 spiro atoms. The van der Waals surface area contributed by atoms with Gasteiger partial charge in [0, 0.05) is 9.61 Å². The zero-order chi connectivity index (χ0) is 18.4. The number of hydrogen-bond acceptors (Lipinski definition) is 4. The first-order valence-electron chi connectivity index (χ1n) is 7.83. The zero-order valence-corrected chi connectivity index (χ0v) is 17.6. The number of nitrogens with one attached hydrogen (secondary N) is 1. The summed E-state index contributed by atoms with van der Waals surface area (Å²) in [6.07, 6.45) is -0.0864. The van der Waals surface area contributed by atoms with Crippen molar-refractivity contribution in [3.63, 3.8) is 0 Å². The average Bonchev–Trinajstić information content (AvgIpc) is 2.55. The Labute approximate surface area is 167 Å². The molecule has 0 amide bonds. The first kappa shape index (κ1) is 20.7. The highest BCUT2D eigenvalue weighted by Gasteiger charge is 2.36. The van der Waals surface area contributed by atoms with Gasteiger partial charge in [-0.15, -0.1) is 0 Å². The fraction of sp³-hybridized carbons (Fsp3) is 0.278. The van der Waals surface area contributed by atoms with Gasteiger partial charge in [-0.25, -0.2) is 9.79 Å². The van der Waals surface area contributed by atoms with Crippen LogP contribution in [0.25, 0.3) is 0 Å². The van der Waals surface area contributed by atoms with Gasteiger partial charge >= 0.3 is 0 Å². The highest BCUT2D eigenvalue weighted by Crippen LogP contribution is 2.52. The van der Waals surface area contributed by atoms with Gasteiger partial charge in [-0.1, -0.05) is 48.0 Å². The lowest BCUT2D eigenvalue weighted by molar-refractivity contribution is -0.116. The second-order valence-corrected chi connectivity index (χ2v) is 9.95. The third kappa shape index (κ3) is 6.93. The summed E-state index contributed by atoms with van der Waals surface area (Å²) in [7, 11) is -3.28. The van der Waals surface area contributed by atoms with Crippen LogP contribution in [0.5, 0.6) is 0 Å². The van der Waals surface area contributed by atoms with Crippen molar-refractivity contribution in [1.82, 2.24) is 5.32 Å². The molecule has 0 heterocycles. The number of carbonyl (C=O) groups excluding carboxylic acids is 1. The SMILES string of the molecule is CC(NCC(=O)C[P+](O)(O)Cc1ccccc1)c1ccc(I)c(Cl)c1. The maximum Gasteiger partial charge on any atom is 0.279 e. The molecule has 25 heavy (non-hydrogen) atoms. The summed E-state index contributed by atoms with van der Waals surface area (Å²) >= 11 is 8.28. The van der Waals surface area contributed by atoms with Crippen LogP contribution in [0.2, 0.25) is 5.02 Å². The van der Waals surface area contributed by atoms with Gasteiger partial charge in [0.15, 0.2) is 11.9 Å². The molecule has 7 heteroatoms. The second kappa shape index (κ2) is 9.40. The summed E-state index contributed by atoms with van der Waals surface area (Å²) < 4.78 is 0.974. The van der Waals surface area contributed by atoms with E-state index in [9.17, 15) is 14.6 Å². The van der Waals surface area contributed by atoms with Gasteiger partial charge in [-0.2, -0.15) is 0 Å². The molecule has 2 aromatic rings. The monoisotopic (exact) mass is 492 g/mol. The minimum atomic E-state index is -3.28. The van der Waals surface area contributed by atoms with Gasteiger partial charge in [0.1, 0.15) is 6.16 Å². The molecule has 0 radical (unpaired) electrons. The van der Waals surface area contributed by atoms with Gasteiger partial charge in [-0.05, 0) is 52.8 Å². The van der Waals surface area contributed by atoms with E-state index >= 15 is 0 Å². The van der Waals surface area contributed by atoms with Crippen LogP contribution >= 0.6 is 41.9 Å². The summed E-state index contributed by atoms with van der Waals surface area (Å²) in [5, 5.41) is 3.79. The molecule has 3 N–H and O–H groups in total. The second-order valence-electron chi connectivity index (χ2n) is 6.00. The van der Waals surface area contributed by atoms with Gasteiger partial charge < -0.3 is 5.32 Å². The molecule has 2 aromatic carbocycles. The van der Waals surface area contributed by atoms with Gasteiger partial charge in [0.25, 0.3) is 7.72 Å². The summed E-state index contributed by atoms with van der Waals surface area (Å²) in [4.78, 5) is 32.5. The highest BCUT2D eigenvalue weighted by molar-refractivity contribution is 14.1. The van der Waals surface area contributed by atoms with Crippen LogP contribution in [-0.2, 0) is 11.0 Å². The lowest BCUT2D eigenvalue weighted by Crippen LogP contribution is -2.28. The van der Waals surface area contributed by atoms with E-state index in [-0.39, 0.29) is 30.7 Å². The van der Waals surface area contributed by atoms with Crippen molar-refractivity contribution < 1.29 is 14.6 Å². The van der Waals surface area contributed by atoms with Gasteiger partial charge in [0.2, 0.25) is 0 Å². The van der Waals surface area contributed by atoms with Crippen LogP contribution in [0.1, 0.15) is 24.1 Å². The van der Waals surface area contributed by atoms with Crippen molar-refractivity contribution in [1.29, 1.82) is 0 Å². The predicted molar refractivity (Wildman–Crippen MR) is 112 cm³/mol. The van der Waals surface area contributed by atoms with E-state index in [1.165, 1.54) is 0 Å². The Balaban J connectivity index is 1.85. The van der Waals surface area contributed by atoms with Crippen LogP contribution in [0, 0.1) is 3.57 Å². The lowest BCUT2D eigenvalue weighted by Gasteiger charge is -2.16. The molecule has 0 aliphatic rings. The van der Waals surface area contributed by atoms with E-state index in [1.54, 1.807) is 0 Å². The Morgan fingerprint density at radius 3 is 2.56 bits per heavy atom. The van der Waals surface area contributed by atoms with Crippen LogP contribution in [0.4, 0.5) is 0 Å². The minimum Gasteiger partial charge on any atom is -0.303 e. The molecule has 0 bridgehead atoms. The highest BCUT2D eigenvalue weighted by atomic mass is 127. The van der Waals surface area contributed by atoms with Gasteiger partial charge in [-0.3, -0.25) is 4.79 Å². The summed E-state index contributed by atoms with van der Waals surface area (Å²) in [6.45, 7) is 2.03. The normalized spacial score (nSPS) is 12.8. The van der Waals surface area contributed by atoms with E-state index < -0.39 is 7.72 Å². The number of halogens is 2. The van der Waals surface area contributed by atoms with E-state index in [1.807, 2.05) is 55.5 Å². The molecule has 0 aliphatic heterocycles. The van der Waals surface area contributed by atoms with Crippen molar-refractivity contribution in [2.24, 2.45) is 0 Å². The van der Waals surface area contributed by atoms with Crippen molar-refractivity contribution in [2.75, 3.05) is 12.7 Å².